The fourth-order valence-corrected chi connectivity index (χ4v) is 2.79. The van der Waals surface area contributed by atoms with E-state index in [1.807, 2.05) is 18.2 Å². The second kappa shape index (κ2) is 10.2. The molecule has 1 aromatic heterocycles. The van der Waals surface area contributed by atoms with Crippen molar-refractivity contribution in [3.63, 3.8) is 0 Å². The lowest BCUT2D eigenvalue weighted by molar-refractivity contribution is 0.0940. The Balaban J connectivity index is 0.00000225. The van der Waals surface area contributed by atoms with E-state index in [0.29, 0.717) is 32.0 Å². The van der Waals surface area contributed by atoms with Gasteiger partial charge in [-0.2, -0.15) is 5.10 Å². The number of aromatic nitrogens is 2. The maximum atomic E-state index is 12.2. The normalized spacial score (nSPS) is 13.0. The number of amides is 1. The summed E-state index contributed by atoms with van der Waals surface area (Å²) in [5, 5.41) is 13.3. The quantitative estimate of drug-likeness (QED) is 0.627. The first-order valence-electron chi connectivity index (χ1n) is 8.51. The van der Waals surface area contributed by atoms with Gasteiger partial charge in [-0.05, 0) is 18.4 Å². The number of halogens is 1. The van der Waals surface area contributed by atoms with Crippen molar-refractivity contribution in [2.75, 3.05) is 19.7 Å². The van der Waals surface area contributed by atoms with Crippen LogP contribution in [0, 0.1) is 0 Å². The zero-order chi connectivity index (χ0) is 16.6. The van der Waals surface area contributed by atoms with Crippen molar-refractivity contribution in [2.24, 2.45) is 0 Å². The molecule has 1 amide bonds. The lowest BCUT2D eigenvalue weighted by Crippen LogP contribution is -2.29. The van der Waals surface area contributed by atoms with Crippen LogP contribution in [0.2, 0.25) is 0 Å². The Hall–Kier alpha value is -1.89. The van der Waals surface area contributed by atoms with Gasteiger partial charge in [0.15, 0.2) is 5.69 Å². The van der Waals surface area contributed by atoms with E-state index in [9.17, 15) is 4.79 Å². The Morgan fingerprint density at radius 3 is 2.92 bits per heavy atom. The standard InChI is InChI=1S/C18H24N4O2.ClH/c23-18(17-15-12-19-10-8-16(15)21-22-17)20-9-4-5-11-24-13-14-6-2-1-3-7-14;/h1-3,6-7,19H,4-5,8-13H2,(H,20,23)(H,21,22);1H. The molecule has 0 saturated heterocycles. The van der Waals surface area contributed by atoms with E-state index in [0.717, 1.165) is 37.1 Å². The van der Waals surface area contributed by atoms with Gasteiger partial charge in [-0.3, -0.25) is 9.89 Å². The number of benzene rings is 1. The SMILES string of the molecule is Cl.O=C(NCCCCOCc1ccccc1)c1n[nH]c2c1CNCC2. The summed E-state index contributed by atoms with van der Waals surface area (Å²) in [5.74, 6) is -0.0959. The van der Waals surface area contributed by atoms with Crippen LogP contribution in [0.25, 0.3) is 0 Å². The van der Waals surface area contributed by atoms with Gasteiger partial charge in [0.2, 0.25) is 0 Å². The van der Waals surface area contributed by atoms with Gasteiger partial charge in [-0.15, -0.1) is 12.4 Å². The molecule has 136 valence electrons. The van der Waals surface area contributed by atoms with E-state index in [1.165, 1.54) is 5.56 Å². The molecule has 0 spiro atoms. The second-order valence-corrected chi connectivity index (χ2v) is 5.96. The number of hydrogen-bond acceptors (Lipinski definition) is 4. The van der Waals surface area contributed by atoms with Crippen LogP contribution < -0.4 is 10.6 Å². The van der Waals surface area contributed by atoms with Crippen LogP contribution in [-0.4, -0.2) is 35.8 Å². The van der Waals surface area contributed by atoms with Crippen molar-refractivity contribution in [3.05, 3.63) is 52.8 Å². The molecule has 0 unspecified atom stereocenters. The molecule has 7 heteroatoms. The molecule has 2 heterocycles. The number of unbranched alkanes of at least 4 members (excludes halogenated alkanes) is 1. The van der Waals surface area contributed by atoms with E-state index in [4.69, 9.17) is 4.74 Å². The first-order valence-corrected chi connectivity index (χ1v) is 8.51. The molecule has 25 heavy (non-hydrogen) atoms. The number of nitrogens with one attached hydrogen (secondary N) is 3. The predicted octanol–water partition coefficient (Wildman–Crippen LogP) is 2.20. The summed E-state index contributed by atoms with van der Waals surface area (Å²) in [5.41, 5.74) is 3.79. The zero-order valence-corrected chi connectivity index (χ0v) is 15.0. The molecule has 1 aliphatic heterocycles. The summed E-state index contributed by atoms with van der Waals surface area (Å²) < 4.78 is 5.64. The molecule has 2 aromatic rings. The molecule has 0 bridgehead atoms. The lowest BCUT2D eigenvalue weighted by Gasteiger charge is -2.12. The van der Waals surface area contributed by atoms with Crippen LogP contribution in [0.1, 0.15) is 40.2 Å². The highest BCUT2D eigenvalue weighted by atomic mass is 35.5. The molecule has 3 N–H and O–H groups in total. The molecule has 0 fully saturated rings. The van der Waals surface area contributed by atoms with Crippen LogP contribution >= 0.6 is 12.4 Å². The smallest absolute Gasteiger partial charge is 0.272 e. The number of fused-ring (bicyclic) bond motifs is 1. The number of carbonyl (C=O) groups excluding carboxylic acids is 1. The molecule has 0 saturated carbocycles. The molecule has 1 aromatic carbocycles. The Bertz CT molecular complexity index is 660. The first kappa shape index (κ1) is 19.4. The van der Waals surface area contributed by atoms with Crippen LogP contribution in [0.4, 0.5) is 0 Å². The van der Waals surface area contributed by atoms with Gasteiger partial charge in [0.1, 0.15) is 0 Å². The third-order valence-corrected chi connectivity index (χ3v) is 4.13. The van der Waals surface area contributed by atoms with Crippen molar-refractivity contribution >= 4 is 18.3 Å². The fourth-order valence-electron chi connectivity index (χ4n) is 2.79. The molecular weight excluding hydrogens is 340 g/mol. The lowest BCUT2D eigenvalue weighted by atomic mass is 10.1. The summed E-state index contributed by atoms with van der Waals surface area (Å²) >= 11 is 0. The number of nitrogens with zero attached hydrogens (tertiary/aromatic N) is 1. The van der Waals surface area contributed by atoms with Crippen LogP contribution in [-0.2, 0) is 24.3 Å². The first-order chi connectivity index (χ1) is 11.8. The third kappa shape index (κ3) is 5.56. The summed E-state index contributed by atoms with van der Waals surface area (Å²) in [4.78, 5) is 12.2. The minimum atomic E-state index is -0.0959. The highest BCUT2D eigenvalue weighted by molar-refractivity contribution is 5.94. The van der Waals surface area contributed by atoms with Crippen molar-refractivity contribution in [1.82, 2.24) is 20.8 Å². The molecule has 6 nitrogen and oxygen atoms in total. The summed E-state index contributed by atoms with van der Waals surface area (Å²) in [6, 6.07) is 10.1. The van der Waals surface area contributed by atoms with Gasteiger partial charge in [-0.1, -0.05) is 30.3 Å². The molecule has 0 radical (unpaired) electrons. The largest absolute Gasteiger partial charge is 0.377 e. The maximum absolute atomic E-state index is 12.2. The Labute approximate surface area is 154 Å². The van der Waals surface area contributed by atoms with E-state index >= 15 is 0 Å². The van der Waals surface area contributed by atoms with E-state index in [-0.39, 0.29) is 18.3 Å². The predicted molar refractivity (Wildman–Crippen MR) is 98.9 cm³/mol. The Morgan fingerprint density at radius 2 is 2.08 bits per heavy atom. The maximum Gasteiger partial charge on any atom is 0.272 e. The number of H-pyrrole nitrogens is 1. The fraction of sp³-hybridized carbons (Fsp3) is 0.444. The Morgan fingerprint density at radius 1 is 1.24 bits per heavy atom. The average molecular weight is 365 g/mol. The van der Waals surface area contributed by atoms with E-state index in [2.05, 4.69) is 33.0 Å². The van der Waals surface area contributed by atoms with Gasteiger partial charge in [-0.25, -0.2) is 0 Å². The topological polar surface area (TPSA) is 79.0 Å². The van der Waals surface area contributed by atoms with Crippen LogP contribution in [0.5, 0.6) is 0 Å². The number of ether oxygens (including phenoxy) is 1. The van der Waals surface area contributed by atoms with Crippen LogP contribution in [0.3, 0.4) is 0 Å². The molecular formula is C18H25ClN4O2. The van der Waals surface area contributed by atoms with Gasteiger partial charge in [0.05, 0.1) is 6.61 Å². The number of aromatic amines is 1. The zero-order valence-electron chi connectivity index (χ0n) is 14.2. The molecule has 0 atom stereocenters. The van der Waals surface area contributed by atoms with Gasteiger partial charge < -0.3 is 15.4 Å². The van der Waals surface area contributed by atoms with Crippen molar-refractivity contribution in [1.29, 1.82) is 0 Å². The average Bonchev–Trinajstić information content (AvgIpc) is 3.06. The van der Waals surface area contributed by atoms with Crippen LogP contribution in [0.15, 0.2) is 30.3 Å². The molecule has 1 aliphatic rings. The Kier molecular flexibility index (Phi) is 7.91. The van der Waals surface area contributed by atoms with E-state index in [1.54, 1.807) is 0 Å². The number of rotatable bonds is 8. The second-order valence-electron chi connectivity index (χ2n) is 5.96. The summed E-state index contributed by atoms with van der Waals surface area (Å²) in [6.07, 6.45) is 2.72. The monoisotopic (exact) mass is 364 g/mol. The minimum absolute atomic E-state index is 0. The van der Waals surface area contributed by atoms with Gasteiger partial charge in [0, 0.05) is 43.9 Å². The highest BCUT2D eigenvalue weighted by Gasteiger charge is 2.20. The number of carbonyl (C=O) groups is 1. The van der Waals surface area contributed by atoms with Crippen molar-refractivity contribution in [2.45, 2.75) is 32.4 Å². The molecule has 3 rings (SSSR count). The highest BCUT2D eigenvalue weighted by Crippen LogP contribution is 2.15. The van der Waals surface area contributed by atoms with Gasteiger partial charge in [0.25, 0.3) is 5.91 Å². The van der Waals surface area contributed by atoms with Crippen molar-refractivity contribution in [3.8, 4) is 0 Å². The summed E-state index contributed by atoms with van der Waals surface area (Å²) in [6.45, 7) is 3.62. The van der Waals surface area contributed by atoms with Crippen molar-refractivity contribution < 1.29 is 9.53 Å². The third-order valence-electron chi connectivity index (χ3n) is 4.13. The van der Waals surface area contributed by atoms with Gasteiger partial charge >= 0.3 is 0 Å². The minimum Gasteiger partial charge on any atom is -0.377 e. The molecule has 0 aliphatic carbocycles. The van der Waals surface area contributed by atoms with E-state index < -0.39 is 0 Å². The number of hydrogen-bond donors (Lipinski definition) is 3. The summed E-state index contributed by atoms with van der Waals surface area (Å²) in [7, 11) is 0.